The molecule has 0 bridgehead atoms. The van der Waals surface area contributed by atoms with Crippen molar-refractivity contribution in [3.8, 4) is 0 Å². The molecule has 1 saturated heterocycles. The van der Waals surface area contributed by atoms with Crippen molar-refractivity contribution >= 4 is 10.8 Å². The zero-order chi connectivity index (χ0) is 11.1. The van der Waals surface area contributed by atoms with Gasteiger partial charge >= 0.3 is 0 Å². The lowest BCUT2D eigenvalue weighted by molar-refractivity contribution is 0.254. The smallest absolute Gasteiger partial charge is 0.0363 e. The molecule has 0 aliphatic carbocycles. The van der Waals surface area contributed by atoms with Gasteiger partial charge in [0.05, 0.1) is 0 Å². The van der Waals surface area contributed by atoms with Crippen molar-refractivity contribution < 1.29 is 4.21 Å². The van der Waals surface area contributed by atoms with E-state index in [1.165, 1.54) is 6.42 Å². The van der Waals surface area contributed by atoms with Gasteiger partial charge < -0.3 is 10.2 Å². The molecule has 1 atom stereocenters. The molecule has 3 nitrogen and oxygen atoms in total. The van der Waals surface area contributed by atoms with Gasteiger partial charge in [0.2, 0.25) is 0 Å². The number of hydrogen-bond acceptors (Lipinski definition) is 3. The lowest BCUT2D eigenvalue weighted by Crippen LogP contribution is -2.41. The highest BCUT2D eigenvalue weighted by atomic mass is 32.2. The predicted molar refractivity (Wildman–Crippen MR) is 66.6 cm³/mol. The third kappa shape index (κ3) is 5.64. The molecule has 1 rings (SSSR count). The molecule has 1 fully saturated rings. The maximum atomic E-state index is 11.2. The van der Waals surface area contributed by atoms with Gasteiger partial charge in [-0.05, 0) is 25.4 Å². The molecule has 0 aromatic carbocycles. The topological polar surface area (TPSA) is 32.3 Å². The number of nitrogens with one attached hydrogen (secondary N) is 1. The molecule has 1 unspecified atom stereocenters. The summed E-state index contributed by atoms with van der Waals surface area (Å²) in [4.78, 5) is 2.44. The molecule has 15 heavy (non-hydrogen) atoms. The first kappa shape index (κ1) is 13.1. The first-order chi connectivity index (χ1) is 7.22. The second kappa shape index (κ2) is 7.36. The first-order valence-electron chi connectivity index (χ1n) is 6.00. The predicted octanol–water partition coefficient (Wildman–Crippen LogP) is 0.686. The van der Waals surface area contributed by atoms with Crippen molar-refractivity contribution in [1.82, 2.24) is 10.2 Å². The van der Waals surface area contributed by atoms with Gasteiger partial charge in [0.15, 0.2) is 0 Å². The summed E-state index contributed by atoms with van der Waals surface area (Å²) in [6.45, 7) is 9.89. The quantitative estimate of drug-likeness (QED) is 0.684. The van der Waals surface area contributed by atoms with Crippen molar-refractivity contribution in [2.24, 2.45) is 5.92 Å². The molecule has 0 aromatic rings. The SMILES string of the molecule is CCCNCC(C)CN1CCS(=O)CC1. The minimum absolute atomic E-state index is 0.540. The Balaban J connectivity index is 2.09. The highest BCUT2D eigenvalue weighted by Gasteiger charge is 2.16. The Kier molecular flexibility index (Phi) is 6.45. The van der Waals surface area contributed by atoms with E-state index < -0.39 is 10.8 Å². The second-order valence-electron chi connectivity index (χ2n) is 4.46. The van der Waals surface area contributed by atoms with E-state index in [2.05, 4.69) is 24.1 Å². The molecule has 1 N–H and O–H groups in total. The van der Waals surface area contributed by atoms with Crippen LogP contribution in [0.25, 0.3) is 0 Å². The van der Waals surface area contributed by atoms with Crippen molar-refractivity contribution in [2.45, 2.75) is 20.3 Å². The number of rotatable bonds is 6. The van der Waals surface area contributed by atoms with Crippen LogP contribution in [0.4, 0.5) is 0 Å². The lowest BCUT2D eigenvalue weighted by atomic mass is 10.1. The molecule has 1 aliphatic rings. The minimum atomic E-state index is -0.540. The van der Waals surface area contributed by atoms with Crippen LogP contribution in [-0.2, 0) is 10.8 Å². The van der Waals surface area contributed by atoms with Crippen molar-refractivity contribution in [3.05, 3.63) is 0 Å². The highest BCUT2D eigenvalue weighted by molar-refractivity contribution is 7.85. The van der Waals surface area contributed by atoms with E-state index in [0.29, 0.717) is 5.92 Å². The summed E-state index contributed by atoms with van der Waals surface area (Å²) in [6, 6.07) is 0. The molecule has 0 saturated carbocycles. The standard InChI is InChI=1S/C11H24N2OS/c1-3-4-12-9-11(2)10-13-5-7-15(14)8-6-13/h11-12H,3-10H2,1-2H3. The van der Waals surface area contributed by atoms with E-state index in [1.54, 1.807) is 0 Å². The van der Waals surface area contributed by atoms with E-state index in [-0.39, 0.29) is 0 Å². The van der Waals surface area contributed by atoms with E-state index in [1.807, 2.05) is 0 Å². The van der Waals surface area contributed by atoms with Gasteiger partial charge in [-0.3, -0.25) is 4.21 Å². The van der Waals surface area contributed by atoms with E-state index in [0.717, 1.165) is 44.2 Å². The number of nitrogens with zero attached hydrogens (tertiary/aromatic N) is 1. The van der Waals surface area contributed by atoms with Gasteiger partial charge in [-0.25, -0.2) is 0 Å². The summed E-state index contributed by atoms with van der Waals surface area (Å²) in [5.41, 5.74) is 0. The zero-order valence-electron chi connectivity index (χ0n) is 10.00. The van der Waals surface area contributed by atoms with Gasteiger partial charge in [-0.1, -0.05) is 13.8 Å². The minimum Gasteiger partial charge on any atom is -0.316 e. The average molecular weight is 232 g/mol. The third-order valence-corrected chi connectivity index (χ3v) is 4.04. The largest absolute Gasteiger partial charge is 0.316 e. The van der Waals surface area contributed by atoms with Crippen molar-refractivity contribution in [3.63, 3.8) is 0 Å². The summed E-state index contributed by atoms with van der Waals surface area (Å²) in [5.74, 6) is 2.44. The van der Waals surface area contributed by atoms with Gasteiger partial charge in [0.1, 0.15) is 0 Å². The molecule has 90 valence electrons. The second-order valence-corrected chi connectivity index (χ2v) is 6.15. The summed E-state index contributed by atoms with van der Waals surface area (Å²) < 4.78 is 11.2. The Labute approximate surface area is 96.1 Å². The molecule has 1 aliphatic heterocycles. The molecule has 0 amide bonds. The Morgan fingerprint density at radius 1 is 1.40 bits per heavy atom. The molecule has 1 heterocycles. The molecule has 0 spiro atoms. The Morgan fingerprint density at radius 3 is 2.67 bits per heavy atom. The number of hydrogen-bond donors (Lipinski definition) is 1. The van der Waals surface area contributed by atoms with Crippen LogP contribution in [0.5, 0.6) is 0 Å². The van der Waals surface area contributed by atoms with Gasteiger partial charge in [0, 0.05) is 41.9 Å². The zero-order valence-corrected chi connectivity index (χ0v) is 10.8. The normalized spacial score (nSPS) is 21.7. The van der Waals surface area contributed by atoms with Crippen LogP contribution in [0.3, 0.4) is 0 Å². The molecular weight excluding hydrogens is 208 g/mol. The van der Waals surface area contributed by atoms with Crippen LogP contribution in [-0.4, -0.2) is 53.3 Å². The maximum absolute atomic E-state index is 11.2. The van der Waals surface area contributed by atoms with Crippen LogP contribution in [0, 0.1) is 5.92 Å². The van der Waals surface area contributed by atoms with Crippen LogP contribution >= 0.6 is 0 Å². The van der Waals surface area contributed by atoms with Crippen LogP contribution in [0.15, 0.2) is 0 Å². The Morgan fingerprint density at radius 2 is 2.07 bits per heavy atom. The fraction of sp³-hybridized carbons (Fsp3) is 1.00. The summed E-state index contributed by atoms with van der Waals surface area (Å²) >= 11 is 0. The highest BCUT2D eigenvalue weighted by Crippen LogP contribution is 2.04. The Hall–Kier alpha value is 0.0700. The van der Waals surface area contributed by atoms with Crippen molar-refractivity contribution in [1.29, 1.82) is 0 Å². The van der Waals surface area contributed by atoms with Gasteiger partial charge in [-0.15, -0.1) is 0 Å². The van der Waals surface area contributed by atoms with E-state index >= 15 is 0 Å². The fourth-order valence-electron chi connectivity index (χ4n) is 1.89. The Bertz CT molecular complexity index is 189. The molecular formula is C11H24N2OS. The van der Waals surface area contributed by atoms with Crippen LogP contribution in [0.1, 0.15) is 20.3 Å². The summed E-state index contributed by atoms with van der Waals surface area (Å²) in [5, 5.41) is 3.45. The summed E-state index contributed by atoms with van der Waals surface area (Å²) in [6.07, 6.45) is 1.20. The van der Waals surface area contributed by atoms with Gasteiger partial charge in [-0.2, -0.15) is 0 Å². The van der Waals surface area contributed by atoms with Crippen LogP contribution < -0.4 is 5.32 Å². The summed E-state index contributed by atoms with van der Waals surface area (Å²) in [7, 11) is -0.540. The third-order valence-electron chi connectivity index (χ3n) is 2.76. The van der Waals surface area contributed by atoms with Crippen LogP contribution in [0.2, 0.25) is 0 Å². The first-order valence-corrected chi connectivity index (χ1v) is 7.49. The fourth-order valence-corrected chi connectivity index (χ4v) is 3.02. The maximum Gasteiger partial charge on any atom is 0.0363 e. The van der Waals surface area contributed by atoms with Gasteiger partial charge in [0.25, 0.3) is 0 Å². The molecule has 0 radical (unpaired) electrons. The van der Waals surface area contributed by atoms with Crippen molar-refractivity contribution in [2.75, 3.05) is 44.2 Å². The monoisotopic (exact) mass is 232 g/mol. The molecule has 0 aromatic heterocycles. The van der Waals surface area contributed by atoms with E-state index in [9.17, 15) is 4.21 Å². The lowest BCUT2D eigenvalue weighted by Gasteiger charge is -2.28. The molecule has 4 heteroatoms. The average Bonchev–Trinajstić information content (AvgIpc) is 2.22. The van der Waals surface area contributed by atoms with E-state index in [4.69, 9.17) is 0 Å².